The maximum absolute atomic E-state index is 13.2. The summed E-state index contributed by atoms with van der Waals surface area (Å²) < 4.78 is 37.6. The molecule has 0 aliphatic carbocycles. The largest absolute Gasteiger partial charge is 0.346 e. The number of nitrogens with two attached hydrogens (primary N) is 1. The predicted octanol–water partition coefficient (Wildman–Crippen LogP) is 1.53. The van der Waals surface area contributed by atoms with Crippen molar-refractivity contribution in [1.82, 2.24) is 25.1 Å². The number of aromatic nitrogens is 4. The number of fused-ring (bicyclic) bond motifs is 1. The lowest BCUT2D eigenvalue weighted by atomic mass is 10.2. The van der Waals surface area contributed by atoms with Crippen molar-refractivity contribution < 1.29 is 17.6 Å². The second kappa shape index (κ2) is 7.61. The van der Waals surface area contributed by atoms with Gasteiger partial charge in [0.05, 0.1) is 41.4 Å². The molecule has 3 aromatic heterocycles. The van der Waals surface area contributed by atoms with Crippen molar-refractivity contribution in [3.63, 3.8) is 0 Å². The Morgan fingerprint density at radius 3 is 2.60 bits per heavy atom. The van der Waals surface area contributed by atoms with E-state index < -0.39 is 15.9 Å². The molecule has 152 valence electrons. The number of rotatable bonds is 5. The van der Waals surface area contributed by atoms with Gasteiger partial charge in [0.15, 0.2) is 5.03 Å². The van der Waals surface area contributed by atoms with E-state index in [-0.39, 0.29) is 23.0 Å². The highest BCUT2D eigenvalue weighted by Gasteiger charge is 2.16. The summed E-state index contributed by atoms with van der Waals surface area (Å²) in [5, 5.41) is 12.3. The molecule has 11 heteroatoms. The van der Waals surface area contributed by atoms with Gasteiger partial charge >= 0.3 is 0 Å². The zero-order valence-electron chi connectivity index (χ0n) is 15.4. The van der Waals surface area contributed by atoms with Crippen LogP contribution in [0.2, 0.25) is 0 Å². The molecule has 3 heterocycles. The molecule has 0 saturated heterocycles. The van der Waals surface area contributed by atoms with Crippen molar-refractivity contribution in [3.8, 4) is 5.69 Å². The summed E-state index contributed by atoms with van der Waals surface area (Å²) in [5.41, 5.74) is 1.80. The number of halogens is 1. The van der Waals surface area contributed by atoms with Gasteiger partial charge in [0.2, 0.25) is 0 Å². The first-order valence-corrected chi connectivity index (χ1v) is 10.2. The molecule has 1 amide bonds. The van der Waals surface area contributed by atoms with Crippen LogP contribution in [0, 0.1) is 5.82 Å². The van der Waals surface area contributed by atoms with E-state index in [4.69, 9.17) is 5.14 Å². The minimum Gasteiger partial charge on any atom is -0.346 e. The van der Waals surface area contributed by atoms with E-state index >= 15 is 0 Å². The van der Waals surface area contributed by atoms with E-state index in [2.05, 4.69) is 20.4 Å². The highest BCUT2D eigenvalue weighted by atomic mass is 32.2. The second-order valence-electron chi connectivity index (χ2n) is 6.35. The molecule has 4 aromatic rings. The molecular formula is C19H15FN6O3S. The van der Waals surface area contributed by atoms with Crippen LogP contribution in [-0.4, -0.2) is 34.1 Å². The van der Waals surface area contributed by atoms with Gasteiger partial charge in [0, 0.05) is 11.6 Å². The van der Waals surface area contributed by atoms with Crippen LogP contribution in [-0.2, 0) is 16.6 Å². The number of nitrogens with one attached hydrogen (secondary N) is 1. The van der Waals surface area contributed by atoms with E-state index in [0.29, 0.717) is 22.3 Å². The summed E-state index contributed by atoms with van der Waals surface area (Å²) in [7, 11) is -3.94. The predicted molar refractivity (Wildman–Crippen MR) is 106 cm³/mol. The number of pyridine rings is 2. The van der Waals surface area contributed by atoms with Crippen LogP contribution in [0.15, 0.2) is 66.1 Å². The Balaban J connectivity index is 1.59. The van der Waals surface area contributed by atoms with E-state index in [9.17, 15) is 17.6 Å². The SMILES string of the molecule is NS(=O)(=O)c1cccc(CNC(=O)c2cncc3c2cnn3-c2ccc(F)cc2)n1. The Morgan fingerprint density at radius 2 is 1.87 bits per heavy atom. The normalized spacial score (nSPS) is 11.5. The Labute approximate surface area is 170 Å². The third-order valence-electron chi connectivity index (χ3n) is 4.32. The third-order valence-corrected chi connectivity index (χ3v) is 5.13. The molecule has 0 saturated carbocycles. The topological polar surface area (TPSA) is 133 Å². The number of carbonyl (C=O) groups is 1. The molecule has 0 bridgehead atoms. The molecule has 4 rings (SSSR count). The molecule has 30 heavy (non-hydrogen) atoms. The van der Waals surface area contributed by atoms with Gasteiger partial charge in [-0.1, -0.05) is 6.07 Å². The van der Waals surface area contributed by atoms with Crippen LogP contribution >= 0.6 is 0 Å². The van der Waals surface area contributed by atoms with Crippen molar-refractivity contribution in [2.75, 3.05) is 0 Å². The fraction of sp³-hybridized carbons (Fsp3) is 0.0526. The first kappa shape index (κ1) is 19.6. The molecule has 0 unspecified atom stereocenters. The number of sulfonamides is 1. The lowest BCUT2D eigenvalue weighted by Gasteiger charge is -2.07. The summed E-state index contributed by atoms with van der Waals surface area (Å²) >= 11 is 0. The maximum Gasteiger partial charge on any atom is 0.255 e. The lowest BCUT2D eigenvalue weighted by Crippen LogP contribution is -2.24. The van der Waals surface area contributed by atoms with Crippen LogP contribution < -0.4 is 10.5 Å². The van der Waals surface area contributed by atoms with E-state index in [1.165, 1.54) is 36.7 Å². The molecular weight excluding hydrogens is 411 g/mol. The van der Waals surface area contributed by atoms with E-state index in [0.717, 1.165) is 0 Å². The maximum atomic E-state index is 13.2. The van der Waals surface area contributed by atoms with Gasteiger partial charge in [0.1, 0.15) is 5.82 Å². The van der Waals surface area contributed by atoms with Gasteiger partial charge in [-0.15, -0.1) is 0 Å². The van der Waals surface area contributed by atoms with Gasteiger partial charge in [-0.05, 0) is 36.4 Å². The van der Waals surface area contributed by atoms with Crippen molar-refractivity contribution in [2.24, 2.45) is 5.14 Å². The summed E-state index contributed by atoms with van der Waals surface area (Å²) in [4.78, 5) is 20.7. The van der Waals surface area contributed by atoms with Crippen LogP contribution in [0.4, 0.5) is 4.39 Å². The Kier molecular flexibility index (Phi) is 4.98. The summed E-state index contributed by atoms with van der Waals surface area (Å²) in [5.74, 6) is -0.803. The monoisotopic (exact) mass is 426 g/mol. The highest BCUT2D eigenvalue weighted by Crippen LogP contribution is 2.21. The molecule has 1 aromatic carbocycles. The minimum absolute atomic E-state index is 0.00925. The first-order valence-electron chi connectivity index (χ1n) is 8.67. The van der Waals surface area contributed by atoms with E-state index in [1.54, 1.807) is 29.1 Å². The average Bonchev–Trinajstić information content (AvgIpc) is 3.16. The molecule has 0 spiro atoms. The molecule has 9 nitrogen and oxygen atoms in total. The molecule has 0 aliphatic rings. The third kappa shape index (κ3) is 3.88. The van der Waals surface area contributed by atoms with Crippen molar-refractivity contribution in [1.29, 1.82) is 0 Å². The highest BCUT2D eigenvalue weighted by molar-refractivity contribution is 7.89. The Hall–Kier alpha value is -3.70. The van der Waals surface area contributed by atoms with Crippen LogP contribution in [0.1, 0.15) is 16.1 Å². The zero-order valence-corrected chi connectivity index (χ0v) is 16.2. The summed E-state index contributed by atoms with van der Waals surface area (Å²) in [6.45, 7) is -0.00925. The number of benzene rings is 1. The van der Waals surface area contributed by atoms with Crippen LogP contribution in [0.3, 0.4) is 0 Å². The van der Waals surface area contributed by atoms with Crippen LogP contribution in [0.5, 0.6) is 0 Å². The number of nitrogens with zero attached hydrogens (tertiary/aromatic N) is 4. The number of hydrogen-bond acceptors (Lipinski definition) is 6. The standard InChI is InChI=1S/C19H15FN6O3S/c20-12-4-6-14(7-5-12)26-17-11-22-9-16(15(17)10-24-26)19(27)23-8-13-2-1-3-18(25-13)30(21,28)29/h1-7,9-11H,8H2,(H,23,27)(H2,21,28,29). The Bertz CT molecular complexity index is 1350. The van der Waals surface area contributed by atoms with Crippen molar-refractivity contribution in [2.45, 2.75) is 11.6 Å². The molecule has 0 aliphatic heterocycles. The Morgan fingerprint density at radius 1 is 1.10 bits per heavy atom. The fourth-order valence-corrected chi connectivity index (χ4v) is 3.40. The molecule has 0 radical (unpaired) electrons. The van der Waals surface area contributed by atoms with Gasteiger partial charge in [-0.3, -0.25) is 9.78 Å². The van der Waals surface area contributed by atoms with Gasteiger partial charge in [0.25, 0.3) is 15.9 Å². The van der Waals surface area contributed by atoms with Crippen LogP contribution in [0.25, 0.3) is 16.6 Å². The van der Waals surface area contributed by atoms with Crippen molar-refractivity contribution >= 4 is 26.8 Å². The van der Waals surface area contributed by atoms with E-state index in [1.807, 2.05) is 0 Å². The van der Waals surface area contributed by atoms with Gasteiger partial charge in [-0.25, -0.2) is 27.6 Å². The zero-order chi connectivity index (χ0) is 21.3. The lowest BCUT2D eigenvalue weighted by molar-refractivity contribution is 0.0951. The average molecular weight is 426 g/mol. The molecule has 0 fully saturated rings. The number of amides is 1. The smallest absolute Gasteiger partial charge is 0.255 e. The molecule has 3 N–H and O–H groups in total. The second-order valence-corrected chi connectivity index (χ2v) is 7.86. The number of primary sulfonamides is 1. The summed E-state index contributed by atoms with van der Waals surface area (Å²) in [6.07, 6.45) is 4.48. The first-order chi connectivity index (χ1) is 14.3. The fourth-order valence-electron chi connectivity index (χ4n) is 2.89. The number of carbonyl (C=O) groups excluding carboxylic acids is 1. The quantitative estimate of drug-likeness (QED) is 0.497. The summed E-state index contributed by atoms with van der Waals surface area (Å²) in [6, 6.07) is 10.1. The van der Waals surface area contributed by atoms with Crippen molar-refractivity contribution in [3.05, 3.63) is 78.1 Å². The molecule has 0 atom stereocenters. The minimum atomic E-state index is -3.94. The van der Waals surface area contributed by atoms with Gasteiger partial charge < -0.3 is 5.32 Å². The van der Waals surface area contributed by atoms with Gasteiger partial charge in [-0.2, -0.15) is 5.10 Å². The number of hydrogen-bond donors (Lipinski definition) is 2.